The van der Waals surface area contributed by atoms with Crippen LogP contribution in [0.25, 0.3) is 0 Å². The van der Waals surface area contributed by atoms with Gasteiger partial charge in [-0.1, -0.05) is 12.8 Å². The molecule has 0 aromatic rings. The highest BCUT2D eigenvalue weighted by Gasteiger charge is 2.22. The molecule has 21 heavy (non-hydrogen) atoms. The number of nitrogens with zero attached hydrogens (tertiary/aromatic N) is 1. The maximum Gasteiger partial charge on any atom is 0.321 e. The van der Waals surface area contributed by atoms with E-state index in [0.29, 0.717) is 12.5 Å². The average Bonchev–Trinajstić information content (AvgIpc) is 2.93. The van der Waals surface area contributed by atoms with Gasteiger partial charge < -0.3 is 11.1 Å². The first-order valence-electron chi connectivity index (χ1n) is 8.20. The number of nitrogens with two attached hydrogens (primary N) is 1. The number of urea groups is 1. The van der Waals surface area contributed by atoms with Crippen LogP contribution in [0.3, 0.4) is 0 Å². The van der Waals surface area contributed by atoms with Gasteiger partial charge in [-0.2, -0.15) is 0 Å². The van der Waals surface area contributed by atoms with Crippen molar-refractivity contribution >= 4 is 11.9 Å². The van der Waals surface area contributed by atoms with Crippen molar-refractivity contribution in [3.05, 3.63) is 0 Å². The van der Waals surface area contributed by atoms with Crippen molar-refractivity contribution in [1.82, 2.24) is 15.5 Å². The number of nitrogens with one attached hydrogen (secondary N) is 2. The molecular formula is C15H28N4O2. The smallest absolute Gasteiger partial charge is 0.321 e. The lowest BCUT2D eigenvalue weighted by molar-refractivity contribution is -0.121. The first kappa shape index (κ1) is 16.2. The molecule has 0 spiro atoms. The molecule has 0 radical (unpaired) electrons. The molecule has 1 saturated heterocycles. The molecule has 0 unspecified atom stereocenters. The molecular weight excluding hydrogens is 268 g/mol. The van der Waals surface area contributed by atoms with Crippen LogP contribution in [-0.4, -0.2) is 49.1 Å². The third-order valence-corrected chi connectivity index (χ3v) is 4.59. The zero-order valence-electron chi connectivity index (χ0n) is 12.8. The average molecular weight is 296 g/mol. The van der Waals surface area contributed by atoms with Crippen molar-refractivity contribution in [3.8, 4) is 0 Å². The molecule has 1 saturated carbocycles. The van der Waals surface area contributed by atoms with Crippen LogP contribution in [0.4, 0.5) is 4.79 Å². The van der Waals surface area contributed by atoms with Crippen LogP contribution in [0, 0.1) is 5.92 Å². The Morgan fingerprint density at radius 1 is 1.10 bits per heavy atom. The van der Waals surface area contributed by atoms with Gasteiger partial charge in [-0.05, 0) is 57.7 Å². The molecule has 2 rings (SSSR count). The fraction of sp³-hybridized carbons (Fsp3) is 0.867. The highest BCUT2D eigenvalue weighted by atomic mass is 16.2. The molecule has 0 aromatic heterocycles. The van der Waals surface area contributed by atoms with Crippen LogP contribution < -0.4 is 16.4 Å². The standard InChI is InChI=1S/C15H28N4O2/c16-8-5-12-6-9-19(10-7-12)11-14(20)18-15(21)17-13-3-1-2-4-13/h12-13H,1-11,16H2,(H2,17,18,20,21). The van der Waals surface area contributed by atoms with Crippen LogP contribution in [0.1, 0.15) is 44.9 Å². The van der Waals surface area contributed by atoms with Gasteiger partial charge in [0.15, 0.2) is 0 Å². The molecule has 0 atom stereocenters. The number of hydrogen-bond donors (Lipinski definition) is 3. The predicted molar refractivity (Wildman–Crippen MR) is 81.8 cm³/mol. The molecule has 6 nitrogen and oxygen atoms in total. The Morgan fingerprint density at radius 3 is 2.38 bits per heavy atom. The molecule has 2 aliphatic rings. The first-order chi connectivity index (χ1) is 10.2. The lowest BCUT2D eigenvalue weighted by Gasteiger charge is -2.31. The normalized spacial score (nSPS) is 21.4. The Hall–Kier alpha value is -1.14. The van der Waals surface area contributed by atoms with Crippen molar-refractivity contribution in [3.63, 3.8) is 0 Å². The fourth-order valence-electron chi connectivity index (χ4n) is 3.33. The minimum Gasteiger partial charge on any atom is -0.335 e. The number of amides is 3. The van der Waals surface area contributed by atoms with Crippen LogP contribution in [-0.2, 0) is 4.79 Å². The summed E-state index contributed by atoms with van der Waals surface area (Å²) in [7, 11) is 0. The summed E-state index contributed by atoms with van der Waals surface area (Å²) in [6, 6.07) is -0.102. The summed E-state index contributed by atoms with van der Waals surface area (Å²) in [5.74, 6) is 0.489. The van der Waals surface area contributed by atoms with Crippen LogP contribution in [0.15, 0.2) is 0 Å². The number of hydrogen-bond acceptors (Lipinski definition) is 4. The van der Waals surface area contributed by atoms with E-state index in [1.807, 2.05) is 0 Å². The van der Waals surface area contributed by atoms with Crippen molar-refractivity contribution in [2.75, 3.05) is 26.2 Å². The third kappa shape index (κ3) is 5.63. The first-order valence-corrected chi connectivity index (χ1v) is 8.20. The predicted octanol–water partition coefficient (Wildman–Crippen LogP) is 0.816. The van der Waals surface area contributed by atoms with Gasteiger partial charge in [0.05, 0.1) is 6.54 Å². The maximum absolute atomic E-state index is 11.9. The van der Waals surface area contributed by atoms with Crippen molar-refractivity contribution in [2.45, 2.75) is 51.0 Å². The van der Waals surface area contributed by atoms with E-state index in [1.165, 1.54) is 0 Å². The lowest BCUT2D eigenvalue weighted by Crippen LogP contribution is -2.48. The summed E-state index contributed by atoms with van der Waals surface area (Å²) in [6.07, 6.45) is 7.64. The SMILES string of the molecule is NCCC1CCN(CC(=O)NC(=O)NC2CCCC2)CC1. The van der Waals surface area contributed by atoms with E-state index in [1.54, 1.807) is 0 Å². The van der Waals surface area contributed by atoms with Crippen LogP contribution in [0.2, 0.25) is 0 Å². The van der Waals surface area contributed by atoms with Gasteiger partial charge in [0.2, 0.25) is 5.91 Å². The number of carbonyl (C=O) groups excluding carboxylic acids is 2. The molecule has 2 fully saturated rings. The van der Waals surface area contributed by atoms with Crippen LogP contribution >= 0.6 is 0 Å². The van der Waals surface area contributed by atoms with Gasteiger partial charge in [0, 0.05) is 6.04 Å². The van der Waals surface area contributed by atoms with E-state index >= 15 is 0 Å². The second-order valence-corrected chi connectivity index (χ2v) is 6.30. The summed E-state index contributed by atoms with van der Waals surface area (Å²) in [5, 5.41) is 5.31. The molecule has 6 heteroatoms. The molecule has 120 valence electrons. The molecule has 0 aromatic carbocycles. The summed E-state index contributed by atoms with van der Waals surface area (Å²) in [4.78, 5) is 25.7. The number of imide groups is 1. The zero-order valence-corrected chi connectivity index (χ0v) is 12.8. The number of piperidine rings is 1. The molecule has 1 aliphatic heterocycles. The zero-order chi connectivity index (χ0) is 15.1. The van der Waals surface area contributed by atoms with Crippen LogP contribution in [0.5, 0.6) is 0 Å². The topological polar surface area (TPSA) is 87.5 Å². The van der Waals surface area contributed by atoms with E-state index in [2.05, 4.69) is 15.5 Å². The van der Waals surface area contributed by atoms with Gasteiger partial charge in [-0.3, -0.25) is 15.0 Å². The maximum atomic E-state index is 11.9. The van der Waals surface area contributed by atoms with Crippen molar-refractivity contribution in [2.24, 2.45) is 11.7 Å². The highest BCUT2D eigenvalue weighted by molar-refractivity contribution is 5.95. The molecule has 1 heterocycles. The Kier molecular flexibility index (Phi) is 6.45. The Morgan fingerprint density at radius 2 is 1.76 bits per heavy atom. The van der Waals surface area contributed by atoms with E-state index in [4.69, 9.17) is 5.73 Å². The van der Waals surface area contributed by atoms with E-state index < -0.39 is 0 Å². The summed E-state index contributed by atoms with van der Waals surface area (Å²) in [5.41, 5.74) is 5.57. The quantitative estimate of drug-likeness (QED) is 0.701. The number of rotatable bonds is 5. The minimum absolute atomic E-state index is 0.206. The van der Waals surface area contributed by atoms with Gasteiger partial charge in [-0.15, -0.1) is 0 Å². The number of likely N-dealkylation sites (tertiary alicyclic amines) is 1. The molecule has 3 amide bonds. The monoisotopic (exact) mass is 296 g/mol. The lowest BCUT2D eigenvalue weighted by atomic mass is 9.94. The van der Waals surface area contributed by atoms with Gasteiger partial charge >= 0.3 is 6.03 Å². The second kappa shape index (κ2) is 8.34. The fourth-order valence-corrected chi connectivity index (χ4v) is 3.33. The molecule has 4 N–H and O–H groups in total. The van der Waals surface area contributed by atoms with E-state index in [0.717, 1.165) is 64.6 Å². The second-order valence-electron chi connectivity index (χ2n) is 6.30. The van der Waals surface area contributed by atoms with Crippen molar-refractivity contribution in [1.29, 1.82) is 0 Å². The Bertz CT molecular complexity index is 348. The number of carbonyl (C=O) groups is 2. The third-order valence-electron chi connectivity index (χ3n) is 4.59. The minimum atomic E-state index is -0.343. The van der Waals surface area contributed by atoms with Gasteiger partial charge in [0.25, 0.3) is 0 Å². The van der Waals surface area contributed by atoms with Gasteiger partial charge in [-0.25, -0.2) is 4.79 Å². The van der Waals surface area contributed by atoms with E-state index in [9.17, 15) is 9.59 Å². The summed E-state index contributed by atoms with van der Waals surface area (Å²) < 4.78 is 0. The largest absolute Gasteiger partial charge is 0.335 e. The Labute approximate surface area is 126 Å². The van der Waals surface area contributed by atoms with Gasteiger partial charge in [0.1, 0.15) is 0 Å². The molecule has 0 bridgehead atoms. The van der Waals surface area contributed by atoms with Crippen molar-refractivity contribution < 1.29 is 9.59 Å². The van der Waals surface area contributed by atoms with E-state index in [-0.39, 0.29) is 18.0 Å². The Balaban J connectivity index is 1.62. The molecule has 1 aliphatic carbocycles. The summed E-state index contributed by atoms with van der Waals surface area (Å²) >= 11 is 0. The highest BCUT2D eigenvalue weighted by Crippen LogP contribution is 2.19. The summed E-state index contributed by atoms with van der Waals surface area (Å²) in [6.45, 7) is 2.89.